The minimum absolute atomic E-state index is 0.228. The standard InChI is InChI=1S/C13H15N3O2/c17-9-10-4-5-12-14-15-13(16(12)8-10)7-11-3-1-2-6-18-11/h4-5,8-9,11H,1-3,6-7H2. The van der Waals surface area contributed by atoms with Gasteiger partial charge in [-0.2, -0.15) is 0 Å². The van der Waals surface area contributed by atoms with Crippen LogP contribution in [0.5, 0.6) is 0 Å². The first kappa shape index (κ1) is 11.3. The van der Waals surface area contributed by atoms with Crippen molar-refractivity contribution in [1.82, 2.24) is 14.6 Å². The summed E-state index contributed by atoms with van der Waals surface area (Å²) in [6.07, 6.45) is 7.02. The van der Waals surface area contributed by atoms with Crippen LogP contribution in [0.4, 0.5) is 0 Å². The largest absolute Gasteiger partial charge is 0.378 e. The number of aldehydes is 1. The van der Waals surface area contributed by atoms with Gasteiger partial charge in [0.25, 0.3) is 0 Å². The maximum Gasteiger partial charge on any atom is 0.160 e. The van der Waals surface area contributed by atoms with E-state index in [0.29, 0.717) is 5.56 Å². The molecular formula is C13H15N3O2. The summed E-state index contributed by atoms with van der Waals surface area (Å²) in [6, 6.07) is 3.56. The third-order valence-corrected chi connectivity index (χ3v) is 3.32. The second kappa shape index (κ2) is 4.86. The average Bonchev–Trinajstić information content (AvgIpc) is 2.82. The zero-order chi connectivity index (χ0) is 12.4. The Kier molecular flexibility index (Phi) is 3.06. The lowest BCUT2D eigenvalue weighted by Crippen LogP contribution is -2.22. The molecule has 5 nitrogen and oxygen atoms in total. The summed E-state index contributed by atoms with van der Waals surface area (Å²) in [4.78, 5) is 10.8. The van der Waals surface area contributed by atoms with Crippen LogP contribution in [-0.2, 0) is 11.2 Å². The maximum atomic E-state index is 10.8. The van der Waals surface area contributed by atoms with E-state index in [0.717, 1.165) is 43.6 Å². The molecule has 94 valence electrons. The van der Waals surface area contributed by atoms with E-state index in [1.54, 1.807) is 12.3 Å². The maximum absolute atomic E-state index is 10.8. The molecule has 1 aliphatic heterocycles. The Morgan fingerprint density at radius 2 is 2.33 bits per heavy atom. The van der Waals surface area contributed by atoms with Crippen LogP contribution < -0.4 is 0 Å². The van der Waals surface area contributed by atoms with E-state index in [9.17, 15) is 4.79 Å². The van der Waals surface area contributed by atoms with Crippen molar-refractivity contribution in [1.29, 1.82) is 0 Å². The van der Waals surface area contributed by atoms with Crippen molar-refractivity contribution in [3.63, 3.8) is 0 Å². The lowest BCUT2D eigenvalue weighted by molar-refractivity contribution is 0.0155. The van der Waals surface area contributed by atoms with Crippen molar-refractivity contribution >= 4 is 11.9 Å². The van der Waals surface area contributed by atoms with Crippen LogP contribution in [0.2, 0.25) is 0 Å². The molecule has 3 rings (SSSR count). The van der Waals surface area contributed by atoms with E-state index in [1.165, 1.54) is 6.42 Å². The van der Waals surface area contributed by atoms with Crippen LogP contribution in [0, 0.1) is 0 Å². The number of fused-ring (bicyclic) bond motifs is 1. The number of carbonyl (C=O) groups is 1. The quantitative estimate of drug-likeness (QED) is 0.771. The number of aromatic nitrogens is 3. The van der Waals surface area contributed by atoms with Gasteiger partial charge in [0, 0.05) is 24.8 Å². The fraction of sp³-hybridized carbons (Fsp3) is 0.462. The minimum Gasteiger partial charge on any atom is -0.378 e. The molecule has 1 aliphatic rings. The summed E-state index contributed by atoms with van der Waals surface area (Å²) < 4.78 is 7.58. The normalized spacial score (nSPS) is 20.1. The zero-order valence-corrected chi connectivity index (χ0v) is 10.1. The third kappa shape index (κ3) is 2.13. The van der Waals surface area contributed by atoms with Gasteiger partial charge in [-0.25, -0.2) is 0 Å². The van der Waals surface area contributed by atoms with Crippen molar-refractivity contribution in [2.24, 2.45) is 0 Å². The molecule has 2 aromatic heterocycles. The van der Waals surface area contributed by atoms with Crippen molar-refractivity contribution in [2.45, 2.75) is 31.8 Å². The molecule has 2 aromatic rings. The first-order valence-corrected chi connectivity index (χ1v) is 6.27. The van der Waals surface area contributed by atoms with Gasteiger partial charge >= 0.3 is 0 Å². The number of rotatable bonds is 3. The zero-order valence-electron chi connectivity index (χ0n) is 10.1. The summed E-state index contributed by atoms with van der Waals surface area (Å²) in [5, 5.41) is 8.28. The Bertz CT molecular complexity index is 558. The highest BCUT2D eigenvalue weighted by Gasteiger charge is 2.17. The highest BCUT2D eigenvalue weighted by atomic mass is 16.5. The van der Waals surface area contributed by atoms with Gasteiger partial charge in [0.1, 0.15) is 5.82 Å². The molecule has 0 N–H and O–H groups in total. The molecule has 0 spiro atoms. The van der Waals surface area contributed by atoms with E-state index >= 15 is 0 Å². The van der Waals surface area contributed by atoms with Crippen LogP contribution in [-0.4, -0.2) is 33.6 Å². The van der Waals surface area contributed by atoms with Gasteiger partial charge < -0.3 is 4.74 Å². The number of carbonyl (C=O) groups excluding carboxylic acids is 1. The topological polar surface area (TPSA) is 56.5 Å². The SMILES string of the molecule is O=Cc1ccc2nnc(CC3CCCCO3)n2c1. The highest BCUT2D eigenvalue weighted by molar-refractivity contribution is 5.74. The summed E-state index contributed by atoms with van der Waals surface area (Å²) in [7, 11) is 0. The fourth-order valence-electron chi connectivity index (χ4n) is 2.34. The lowest BCUT2D eigenvalue weighted by Gasteiger charge is -2.21. The minimum atomic E-state index is 0.228. The number of ether oxygens (including phenoxy) is 1. The Morgan fingerprint density at radius 1 is 1.39 bits per heavy atom. The van der Waals surface area contributed by atoms with E-state index in [2.05, 4.69) is 10.2 Å². The molecule has 3 heterocycles. The Morgan fingerprint density at radius 3 is 3.11 bits per heavy atom. The molecule has 1 atom stereocenters. The second-order valence-corrected chi connectivity index (χ2v) is 4.62. The van der Waals surface area contributed by atoms with Gasteiger partial charge in [0.2, 0.25) is 0 Å². The Balaban J connectivity index is 1.88. The summed E-state index contributed by atoms with van der Waals surface area (Å²) in [6.45, 7) is 0.834. The van der Waals surface area contributed by atoms with Crippen LogP contribution in [0.1, 0.15) is 35.4 Å². The molecular weight excluding hydrogens is 230 g/mol. The van der Waals surface area contributed by atoms with Crippen LogP contribution in [0.3, 0.4) is 0 Å². The van der Waals surface area contributed by atoms with Gasteiger partial charge in [-0.15, -0.1) is 10.2 Å². The molecule has 0 amide bonds. The lowest BCUT2D eigenvalue weighted by atomic mass is 10.1. The molecule has 5 heteroatoms. The molecule has 1 unspecified atom stereocenters. The molecule has 0 aliphatic carbocycles. The van der Waals surface area contributed by atoms with E-state index in [-0.39, 0.29) is 6.10 Å². The monoisotopic (exact) mass is 245 g/mol. The Hall–Kier alpha value is -1.75. The number of pyridine rings is 1. The molecule has 0 aromatic carbocycles. The van der Waals surface area contributed by atoms with Crippen LogP contribution in [0.15, 0.2) is 18.3 Å². The second-order valence-electron chi connectivity index (χ2n) is 4.62. The van der Waals surface area contributed by atoms with Crippen molar-refractivity contribution in [3.8, 4) is 0 Å². The van der Waals surface area contributed by atoms with E-state index in [1.807, 2.05) is 10.5 Å². The van der Waals surface area contributed by atoms with Gasteiger partial charge in [0.15, 0.2) is 11.9 Å². The summed E-state index contributed by atoms with van der Waals surface area (Å²) in [5.74, 6) is 0.862. The van der Waals surface area contributed by atoms with E-state index in [4.69, 9.17) is 4.74 Å². The van der Waals surface area contributed by atoms with Crippen molar-refractivity contribution in [2.75, 3.05) is 6.61 Å². The van der Waals surface area contributed by atoms with E-state index < -0.39 is 0 Å². The number of nitrogens with zero attached hydrogens (tertiary/aromatic N) is 3. The molecule has 0 bridgehead atoms. The first-order valence-electron chi connectivity index (χ1n) is 6.27. The van der Waals surface area contributed by atoms with Gasteiger partial charge in [0.05, 0.1) is 6.10 Å². The molecule has 1 fully saturated rings. The fourth-order valence-corrected chi connectivity index (χ4v) is 2.34. The first-order chi connectivity index (χ1) is 8.86. The van der Waals surface area contributed by atoms with Crippen molar-refractivity contribution < 1.29 is 9.53 Å². The van der Waals surface area contributed by atoms with Crippen molar-refractivity contribution in [3.05, 3.63) is 29.7 Å². The molecule has 0 saturated carbocycles. The van der Waals surface area contributed by atoms with Gasteiger partial charge in [-0.05, 0) is 31.4 Å². The predicted molar refractivity (Wildman–Crippen MR) is 65.7 cm³/mol. The van der Waals surface area contributed by atoms with Gasteiger partial charge in [-0.3, -0.25) is 9.20 Å². The van der Waals surface area contributed by atoms with Crippen LogP contribution >= 0.6 is 0 Å². The molecule has 0 radical (unpaired) electrons. The predicted octanol–water partition coefficient (Wildman–Crippen LogP) is 1.65. The summed E-state index contributed by atoms with van der Waals surface area (Å²) >= 11 is 0. The number of hydrogen-bond donors (Lipinski definition) is 0. The number of hydrogen-bond acceptors (Lipinski definition) is 4. The average molecular weight is 245 g/mol. The molecule has 1 saturated heterocycles. The van der Waals surface area contributed by atoms with Crippen LogP contribution in [0.25, 0.3) is 5.65 Å². The highest BCUT2D eigenvalue weighted by Crippen LogP contribution is 2.17. The van der Waals surface area contributed by atoms with Gasteiger partial charge in [-0.1, -0.05) is 0 Å². The Labute approximate surface area is 105 Å². The smallest absolute Gasteiger partial charge is 0.160 e. The molecule has 18 heavy (non-hydrogen) atoms. The summed E-state index contributed by atoms with van der Waals surface area (Å²) in [5.41, 5.74) is 1.40. The third-order valence-electron chi connectivity index (χ3n) is 3.32.